The highest BCUT2D eigenvalue weighted by Crippen LogP contribution is 1.89. The van der Waals surface area contributed by atoms with Crippen molar-refractivity contribution in [3.63, 3.8) is 0 Å². The highest BCUT2D eigenvalue weighted by molar-refractivity contribution is 5.61. The average molecular weight is 113 g/mol. The number of hydrogen-bond acceptors (Lipinski definition) is 3. The number of nitrogens with zero attached hydrogens (tertiary/aromatic N) is 1. The van der Waals surface area contributed by atoms with Gasteiger partial charge >= 0.3 is 0 Å². The zero-order chi connectivity index (χ0) is 5.82. The van der Waals surface area contributed by atoms with Crippen LogP contribution in [0, 0.1) is 0 Å². The quantitative estimate of drug-likeness (QED) is 0.477. The molecule has 1 aliphatic rings. The van der Waals surface area contributed by atoms with E-state index in [2.05, 4.69) is 4.99 Å². The second kappa shape index (κ2) is 2.59. The van der Waals surface area contributed by atoms with Gasteiger partial charge in [0.2, 0.25) is 0 Å². The molecule has 0 aromatic rings. The maximum absolute atomic E-state index is 8.68. The van der Waals surface area contributed by atoms with Gasteiger partial charge in [-0.2, -0.15) is 0 Å². The summed E-state index contributed by atoms with van der Waals surface area (Å²) < 4.78 is 4.72. The predicted octanol–water partition coefficient (Wildman–Crippen LogP) is -0.0805. The molecule has 0 fully saturated rings. The zero-order valence-corrected chi connectivity index (χ0v) is 4.32. The van der Waals surface area contributed by atoms with E-state index in [1.165, 1.54) is 6.21 Å². The number of aliphatic hydroxyl groups excluding tert-OH is 1. The molecule has 3 heteroatoms. The van der Waals surface area contributed by atoms with Crippen LogP contribution in [0.15, 0.2) is 17.3 Å². The summed E-state index contributed by atoms with van der Waals surface area (Å²) in [6.45, 7) is 0.432. The molecule has 1 atom stereocenters. The molecule has 8 heavy (non-hydrogen) atoms. The topological polar surface area (TPSA) is 41.8 Å². The summed E-state index contributed by atoms with van der Waals surface area (Å²) in [5.41, 5.74) is 0. The normalized spacial score (nSPS) is 27.9. The van der Waals surface area contributed by atoms with Gasteiger partial charge in [-0.15, -0.1) is 0 Å². The predicted molar refractivity (Wildman–Crippen MR) is 29.6 cm³/mol. The summed E-state index contributed by atoms with van der Waals surface area (Å²) in [5, 5.41) is 8.68. The van der Waals surface area contributed by atoms with E-state index in [9.17, 15) is 0 Å². The van der Waals surface area contributed by atoms with E-state index in [1.807, 2.05) is 0 Å². The monoisotopic (exact) mass is 113 g/mol. The minimum atomic E-state index is -0.829. The second-order valence-corrected chi connectivity index (χ2v) is 1.41. The van der Waals surface area contributed by atoms with Crippen molar-refractivity contribution >= 4 is 6.21 Å². The molecule has 0 radical (unpaired) electrons. The molecule has 0 spiro atoms. The van der Waals surface area contributed by atoms with Crippen LogP contribution in [-0.2, 0) is 4.74 Å². The average Bonchev–Trinajstić information content (AvgIpc) is 1.94. The number of aliphatic hydroxyl groups is 1. The van der Waals surface area contributed by atoms with E-state index in [-0.39, 0.29) is 0 Å². The van der Waals surface area contributed by atoms with Crippen LogP contribution in [0.4, 0.5) is 0 Å². The molecule has 1 aliphatic heterocycles. The minimum Gasteiger partial charge on any atom is -0.363 e. The van der Waals surface area contributed by atoms with E-state index in [4.69, 9.17) is 9.84 Å². The lowest BCUT2D eigenvalue weighted by atomic mass is 10.7. The highest BCUT2D eigenvalue weighted by atomic mass is 16.6. The third-order valence-electron chi connectivity index (χ3n) is 0.768. The molecule has 0 amide bonds. The van der Waals surface area contributed by atoms with Crippen LogP contribution in [-0.4, -0.2) is 24.2 Å². The number of rotatable bonds is 0. The maximum Gasteiger partial charge on any atom is 0.191 e. The van der Waals surface area contributed by atoms with Crippen LogP contribution < -0.4 is 0 Å². The van der Waals surface area contributed by atoms with E-state index >= 15 is 0 Å². The molecular weight excluding hydrogens is 106 g/mol. The van der Waals surface area contributed by atoms with Crippen molar-refractivity contribution in [1.29, 1.82) is 0 Å². The van der Waals surface area contributed by atoms with Crippen molar-refractivity contribution in [2.24, 2.45) is 4.99 Å². The number of ether oxygens (including phenoxy) is 1. The Labute approximate surface area is 47.3 Å². The number of hydrogen-bond donors (Lipinski definition) is 1. The molecule has 0 saturated heterocycles. The van der Waals surface area contributed by atoms with E-state index in [1.54, 1.807) is 12.3 Å². The summed E-state index contributed by atoms with van der Waals surface area (Å²) in [4.78, 5) is 3.67. The van der Waals surface area contributed by atoms with Crippen LogP contribution in [0.1, 0.15) is 0 Å². The summed E-state index contributed by atoms with van der Waals surface area (Å²) >= 11 is 0. The lowest BCUT2D eigenvalue weighted by Crippen LogP contribution is -2.11. The Morgan fingerprint density at radius 1 is 1.75 bits per heavy atom. The Bertz CT molecular complexity index is 120. The molecule has 0 bridgehead atoms. The van der Waals surface area contributed by atoms with E-state index in [0.717, 1.165) is 0 Å². The number of aliphatic imine (C=N–C) groups is 1. The third-order valence-corrected chi connectivity index (χ3v) is 0.768. The zero-order valence-electron chi connectivity index (χ0n) is 4.32. The van der Waals surface area contributed by atoms with Crippen LogP contribution >= 0.6 is 0 Å². The first-order chi connectivity index (χ1) is 3.89. The van der Waals surface area contributed by atoms with Gasteiger partial charge in [-0.3, -0.25) is 4.99 Å². The van der Waals surface area contributed by atoms with Gasteiger partial charge in [-0.25, -0.2) is 0 Å². The van der Waals surface area contributed by atoms with Crippen molar-refractivity contribution in [3.8, 4) is 0 Å². The van der Waals surface area contributed by atoms with E-state index < -0.39 is 6.29 Å². The van der Waals surface area contributed by atoms with Gasteiger partial charge in [-0.05, 0) is 6.08 Å². The summed E-state index contributed by atoms with van der Waals surface area (Å²) in [6.07, 6.45) is 3.83. The minimum absolute atomic E-state index is 0.432. The van der Waals surface area contributed by atoms with Gasteiger partial charge in [0.25, 0.3) is 0 Å². The van der Waals surface area contributed by atoms with Crippen molar-refractivity contribution in [2.75, 3.05) is 6.61 Å². The molecule has 1 heterocycles. The van der Waals surface area contributed by atoms with Crippen molar-refractivity contribution in [2.45, 2.75) is 6.29 Å². The second-order valence-electron chi connectivity index (χ2n) is 1.41. The van der Waals surface area contributed by atoms with Gasteiger partial charge in [0.05, 0.1) is 12.8 Å². The van der Waals surface area contributed by atoms with Crippen molar-refractivity contribution < 1.29 is 9.84 Å². The summed E-state index contributed by atoms with van der Waals surface area (Å²) in [7, 11) is 0. The summed E-state index contributed by atoms with van der Waals surface area (Å²) in [6, 6.07) is 0. The molecule has 1 unspecified atom stereocenters. The first-order valence-electron chi connectivity index (χ1n) is 2.37. The van der Waals surface area contributed by atoms with Gasteiger partial charge in [0, 0.05) is 6.20 Å². The Morgan fingerprint density at radius 2 is 2.62 bits per heavy atom. The van der Waals surface area contributed by atoms with Gasteiger partial charge in [-0.1, -0.05) is 0 Å². The fourth-order valence-electron chi connectivity index (χ4n) is 0.424. The molecule has 44 valence electrons. The SMILES string of the molecule is OC1C=NC=CCO1. The Balaban J connectivity index is 2.46. The standard InChI is InChI=1S/C5H7NO2/c7-5-4-6-2-1-3-8-5/h1-2,4-5,7H,3H2. The van der Waals surface area contributed by atoms with Crippen LogP contribution in [0.2, 0.25) is 0 Å². The molecule has 0 aliphatic carbocycles. The Kier molecular flexibility index (Phi) is 1.77. The van der Waals surface area contributed by atoms with Crippen LogP contribution in [0.5, 0.6) is 0 Å². The van der Waals surface area contributed by atoms with Crippen molar-refractivity contribution in [1.82, 2.24) is 0 Å². The molecule has 1 rings (SSSR count). The molecule has 3 nitrogen and oxygen atoms in total. The van der Waals surface area contributed by atoms with Crippen LogP contribution in [0.25, 0.3) is 0 Å². The largest absolute Gasteiger partial charge is 0.363 e. The molecule has 0 saturated carbocycles. The maximum atomic E-state index is 8.68. The van der Waals surface area contributed by atoms with Gasteiger partial charge in [0.15, 0.2) is 6.29 Å². The Hall–Kier alpha value is -0.670. The summed E-state index contributed by atoms with van der Waals surface area (Å²) in [5.74, 6) is 0. The van der Waals surface area contributed by atoms with Gasteiger partial charge in [0.1, 0.15) is 0 Å². The smallest absolute Gasteiger partial charge is 0.191 e. The van der Waals surface area contributed by atoms with Crippen LogP contribution in [0.3, 0.4) is 0 Å². The fourth-order valence-corrected chi connectivity index (χ4v) is 0.424. The lowest BCUT2D eigenvalue weighted by molar-refractivity contribution is -0.0326. The van der Waals surface area contributed by atoms with Crippen molar-refractivity contribution in [3.05, 3.63) is 12.3 Å². The third kappa shape index (κ3) is 1.44. The molecule has 0 aromatic carbocycles. The molecular formula is C5H7NO2. The Morgan fingerprint density at radius 3 is 3.50 bits per heavy atom. The van der Waals surface area contributed by atoms with Gasteiger partial charge < -0.3 is 9.84 Å². The van der Waals surface area contributed by atoms with E-state index in [0.29, 0.717) is 6.61 Å². The first-order valence-corrected chi connectivity index (χ1v) is 2.37. The lowest BCUT2D eigenvalue weighted by Gasteiger charge is -1.99. The fraction of sp³-hybridized carbons (Fsp3) is 0.400. The highest BCUT2D eigenvalue weighted by Gasteiger charge is 1.97. The molecule has 1 N–H and O–H groups in total. The molecule has 0 aromatic heterocycles. The first kappa shape index (κ1) is 5.47.